The van der Waals surface area contributed by atoms with E-state index in [0.717, 1.165) is 22.2 Å². The lowest BCUT2D eigenvalue weighted by atomic mass is 10.2. The Labute approximate surface area is 130 Å². The molecule has 0 aliphatic carbocycles. The lowest BCUT2D eigenvalue weighted by Gasteiger charge is -2.11. The average molecular weight is 378 g/mol. The van der Waals surface area contributed by atoms with Crippen molar-refractivity contribution in [3.8, 4) is 0 Å². The van der Waals surface area contributed by atoms with Crippen LogP contribution in [0, 0.1) is 0 Å². The highest BCUT2D eigenvalue weighted by molar-refractivity contribution is 9.10. The van der Waals surface area contributed by atoms with Gasteiger partial charge in [0.05, 0.1) is 27.0 Å². The van der Waals surface area contributed by atoms with Crippen molar-refractivity contribution in [1.29, 1.82) is 0 Å². The minimum absolute atomic E-state index is 0.116. The molecule has 0 radical (unpaired) electrons. The molecule has 0 aliphatic rings. The normalized spacial score (nSPS) is 13.1. The van der Waals surface area contributed by atoms with Gasteiger partial charge in [0.15, 0.2) is 0 Å². The third-order valence-electron chi connectivity index (χ3n) is 2.83. The number of halogens is 4. The van der Waals surface area contributed by atoms with Gasteiger partial charge in [-0.1, -0.05) is 34.1 Å². The van der Waals surface area contributed by atoms with Gasteiger partial charge in [-0.05, 0) is 29.8 Å². The van der Waals surface area contributed by atoms with Crippen molar-refractivity contribution in [1.82, 2.24) is 0 Å². The third kappa shape index (κ3) is 3.85. The van der Waals surface area contributed by atoms with Gasteiger partial charge in [-0.2, -0.15) is 13.2 Å². The van der Waals surface area contributed by atoms with Gasteiger partial charge in [-0.25, -0.2) is 0 Å². The van der Waals surface area contributed by atoms with Gasteiger partial charge < -0.3 is 5.73 Å². The molecule has 0 spiro atoms. The van der Waals surface area contributed by atoms with Crippen LogP contribution in [0.25, 0.3) is 0 Å². The zero-order valence-electron chi connectivity index (χ0n) is 10.7. The number of hydrogen-bond acceptors (Lipinski definition) is 2. The van der Waals surface area contributed by atoms with E-state index in [4.69, 9.17) is 5.73 Å². The Balaban J connectivity index is 2.26. The second-order valence-electron chi connectivity index (χ2n) is 4.33. The second-order valence-corrected chi connectivity index (χ2v) is 6.61. The number of anilines is 1. The van der Waals surface area contributed by atoms with Crippen molar-refractivity contribution in [3.05, 3.63) is 58.1 Å². The molecule has 2 nitrogen and oxygen atoms in total. The topological polar surface area (TPSA) is 43.1 Å². The molecule has 1 unspecified atom stereocenters. The van der Waals surface area contributed by atoms with E-state index < -0.39 is 22.5 Å². The average Bonchev–Trinajstić information content (AvgIpc) is 2.40. The van der Waals surface area contributed by atoms with Crippen LogP contribution in [0.3, 0.4) is 0 Å². The largest absolute Gasteiger partial charge is 0.416 e. The fourth-order valence-corrected chi connectivity index (χ4v) is 3.61. The van der Waals surface area contributed by atoms with Crippen LogP contribution >= 0.6 is 15.9 Å². The summed E-state index contributed by atoms with van der Waals surface area (Å²) in [5.41, 5.74) is 5.45. The number of benzene rings is 2. The van der Waals surface area contributed by atoms with E-state index in [2.05, 4.69) is 15.9 Å². The molecule has 0 amide bonds. The summed E-state index contributed by atoms with van der Waals surface area (Å²) in [4.78, 5) is 0.207. The first-order valence-electron chi connectivity index (χ1n) is 5.87. The summed E-state index contributed by atoms with van der Waals surface area (Å²) in [6, 6.07) is 10.1. The molecule has 0 saturated heterocycles. The molecule has 2 aromatic rings. The molecule has 21 heavy (non-hydrogen) atoms. The van der Waals surface area contributed by atoms with Gasteiger partial charge in [0.25, 0.3) is 0 Å². The second kappa shape index (κ2) is 6.19. The van der Waals surface area contributed by atoms with Crippen LogP contribution in [0.5, 0.6) is 0 Å². The van der Waals surface area contributed by atoms with E-state index >= 15 is 0 Å². The van der Waals surface area contributed by atoms with E-state index in [-0.39, 0.29) is 16.3 Å². The van der Waals surface area contributed by atoms with Gasteiger partial charge >= 0.3 is 6.18 Å². The Kier molecular flexibility index (Phi) is 4.73. The summed E-state index contributed by atoms with van der Waals surface area (Å²) in [7, 11) is -1.51. The fraction of sp³-hybridized carbons (Fsp3) is 0.143. The van der Waals surface area contributed by atoms with Gasteiger partial charge in [0.1, 0.15) is 0 Å². The summed E-state index contributed by atoms with van der Waals surface area (Å²) in [6.45, 7) is 0. The predicted molar refractivity (Wildman–Crippen MR) is 80.1 cm³/mol. The van der Waals surface area contributed by atoms with Crippen molar-refractivity contribution < 1.29 is 17.4 Å². The molecular formula is C14H11BrF3NOS. The monoisotopic (exact) mass is 377 g/mol. The Morgan fingerprint density at radius 2 is 1.81 bits per heavy atom. The summed E-state index contributed by atoms with van der Waals surface area (Å²) in [6.07, 6.45) is -4.46. The van der Waals surface area contributed by atoms with Gasteiger partial charge in [0, 0.05) is 10.2 Å². The first-order valence-corrected chi connectivity index (χ1v) is 7.98. The van der Waals surface area contributed by atoms with Crippen LogP contribution in [0.4, 0.5) is 18.9 Å². The molecule has 0 aliphatic heterocycles. The number of nitrogen functional groups attached to an aromatic ring is 1. The highest BCUT2D eigenvalue weighted by atomic mass is 79.9. The number of alkyl halides is 3. The molecule has 1 atom stereocenters. The van der Waals surface area contributed by atoms with E-state index in [1.807, 2.05) is 12.1 Å². The Morgan fingerprint density at radius 1 is 1.14 bits per heavy atom. The van der Waals surface area contributed by atoms with Crippen LogP contribution in [0.1, 0.15) is 11.1 Å². The van der Waals surface area contributed by atoms with Crippen molar-refractivity contribution in [2.24, 2.45) is 0 Å². The van der Waals surface area contributed by atoms with Gasteiger partial charge in [-0.3, -0.25) is 4.21 Å². The molecule has 112 valence electrons. The minimum atomic E-state index is -4.46. The Bertz CT molecular complexity index is 688. The van der Waals surface area contributed by atoms with Gasteiger partial charge in [-0.15, -0.1) is 0 Å². The van der Waals surface area contributed by atoms with Crippen molar-refractivity contribution in [2.75, 3.05) is 5.73 Å². The highest BCUT2D eigenvalue weighted by Gasteiger charge is 2.31. The molecule has 0 bridgehead atoms. The number of rotatable bonds is 3. The Hall–Kier alpha value is -1.34. The molecule has 2 N–H and O–H groups in total. The third-order valence-corrected chi connectivity index (χ3v) is 5.04. The maximum atomic E-state index is 12.6. The standard InChI is InChI=1S/C14H11BrF3NOS/c15-11-4-2-1-3-9(11)8-21(20)13-6-5-10(7-12(13)19)14(16,17)18/h1-7H,8,19H2. The molecule has 7 heteroatoms. The molecule has 2 rings (SSSR count). The predicted octanol–water partition coefficient (Wildman–Crippen LogP) is 4.36. The van der Waals surface area contributed by atoms with Crippen LogP contribution in [-0.2, 0) is 22.7 Å². The number of nitrogens with two attached hydrogens (primary N) is 1. The fourth-order valence-electron chi connectivity index (χ4n) is 1.77. The zero-order chi connectivity index (χ0) is 15.6. The van der Waals surface area contributed by atoms with E-state index in [0.29, 0.717) is 0 Å². The highest BCUT2D eigenvalue weighted by Crippen LogP contribution is 2.32. The SMILES string of the molecule is Nc1cc(C(F)(F)F)ccc1S(=O)Cc1ccccc1Br. The van der Waals surface area contributed by atoms with Crippen LogP contribution in [0.2, 0.25) is 0 Å². The van der Waals surface area contributed by atoms with E-state index in [1.54, 1.807) is 12.1 Å². The minimum Gasteiger partial charge on any atom is -0.398 e. The van der Waals surface area contributed by atoms with Crippen molar-refractivity contribution >= 4 is 32.4 Å². The summed E-state index contributed by atoms with van der Waals surface area (Å²) in [5.74, 6) is 0.178. The molecule has 0 aromatic heterocycles. The molecule has 0 fully saturated rings. The Morgan fingerprint density at radius 3 is 2.38 bits per heavy atom. The smallest absolute Gasteiger partial charge is 0.398 e. The summed E-state index contributed by atoms with van der Waals surface area (Å²) in [5, 5.41) is 0. The quantitative estimate of drug-likeness (QED) is 0.807. The first kappa shape index (κ1) is 16.0. The van der Waals surface area contributed by atoms with Crippen molar-refractivity contribution in [2.45, 2.75) is 16.8 Å². The molecule has 0 saturated carbocycles. The maximum absolute atomic E-state index is 12.6. The molecule has 2 aromatic carbocycles. The lowest BCUT2D eigenvalue weighted by Crippen LogP contribution is -2.08. The van der Waals surface area contributed by atoms with Crippen LogP contribution in [0.15, 0.2) is 51.8 Å². The van der Waals surface area contributed by atoms with Gasteiger partial charge in [0.2, 0.25) is 0 Å². The molecular weight excluding hydrogens is 367 g/mol. The van der Waals surface area contributed by atoms with Crippen molar-refractivity contribution in [3.63, 3.8) is 0 Å². The summed E-state index contributed by atoms with van der Waals surface area (Å²) < 4.78 is 50.8. The summed E-state index contributed by atoms with van der Waals surface area (Å²) >= 11 is 3.34. The molecule has 0 heterocycles. The lowest BCUT2D eigenvalue weighted by molar-refractivity contribution is -0.137. The van der Waals surface area contributed by atoms with E-state index in [9.17, 15) is 17.4 Å². The van der Waals surface area contributed by atoms with E-state index in [1.165, 1.54) is 6.07 Å². The zero-order valence-corrected chi connectivity index (χ0v) is 13.1. The first-order chi connectivity index (χ1) is 9.79. The van der Waals surface area contributed by atoms with Crippen LogP contribution in [-0.4, -0.2) is 4.21 Å². The number of hydrogen-bond donors (Lipinski definition) is 1. The van der Waals surface area contributed by atoms with Crippen LogP contribution < -0.4 is 5.73 Å². The maximum Gasteiger partial charge on any atom is 0.416 e.